The predicted molar refractivity (Wildman–Crippen MR) is 113 cm³/mol. The first-order valence-electron chi connectivity index (χ1n) is 10.5. The average Bonchev–Trinajstić information content (AvgIpc) is 2.88. The Morgan fingerprint density at radius 1 is 1.24 bits per heavy atom. The second kappa shape index (κ2) is 9.29. The Bertz CT molecular complexity index is 711. The number of hydrogen-bond acceptors (Lipinski definition) is 5. The first kappa shape index (κ1) is 23.4. The summed E-state index contributed by atoms with van der Waals surface area (Å²) in [5.74, 6) is -1.29. The molecule has 0 aromatic carbocycles. The minimum Gasteiger partial charge on any atom is -0.462 e. The van der Waals surface area contributed by atoms with E-state index in [-0.39, 0.29) is 11.8 Å². The van der Waals surface area contributed by atoms with Crippen molar-refractivity contribution in [1.82, 2.24) is 0 Å². The molecular weight excluding hydrogens is 368 g/mol. The summed E-state index contributed by atoms with van der Waals surface area (Å²) < 4.78 is 11.5. The summed E-state index contributed by atoms with van der Waals surface area (Å²) in [6.07, 6.45) is 5.52. The van der Waals surface area contributed by atoms with E-state index in [4.69, 9.17) is 9.47 Å². The lowest BCUT2D eigenvalue weighted by molar-refractivity contribution is -0.179. The number of rotatable bonds is 6. The summed E-state index contributed by atoms with van der Waals surface area (Å²) in [6, 6.07) is 0. The number of aliphatic hydroxyl groups is 1. The van der Waals surface area contributed by atoms with Crippen molar-refractivity contribution in [2.24, 2.45) is 17.8 Å². The SMILES string of the molecule is C=C1C[C@@H](OC(C)=O)[C@@H]([C@](C)(O)CCC=C(C)C)[C@@H](OC(C)=O)[C@@H]2C(C)=CC[C@@H]12. The van der Waals surface area contributed by atoms with Crippen molar-refractivity contribution >= 4 is 11.9 Å². The standard InChI is InChI=1S/C24H36O5/c1-14(2)9-8-12-24(7,27)22-20(28-17(5)25)13-16(4)19-11-10-15(3)21(19)23(22)29-18(6)26/h9-10,19-23,27H,4,8,11-13H2,1-3,5-7H3/t19-,20+,21+,22+,23-,24+/m0/s1. The number of esters is 2. The summed E-state index contributed by atoms with van der Waals surface area (Å²) in [6.45, 7) is 14.9. The van der Waals surface area contributed by atoms with E-state index in [2.05, 4.69) is 18.7 Å². The summed E-state index contributed by atoms with van der Waals surface area (Å²) in [5, 5.41) is 11.6. The third-order valence-corrected chi connectivity index (χ3v) is 6.29. The van der Waals surface area contributed by atoms with Crippen molar-refractivity contribution in [2.75, 3.05) is 0 Å². The van der Waals surface area contributed by atoms with Gasteiger partial charge >= 0.3 is 11.9 Å². The van der Waals surface area contributed by atoms with Crippen LogP contribution in [0, 0.1) is 17.8 Å². The van der Waals surface area contributed by atoms with E-state index in [1.807, 2.05) is 20.8 Å². The molecule has 2 aliphatic rings. The molecule has 2 aliphatic carbocycles. The second-order valence-corrected chi connectivity index (χ2v) is 9.10. The lowest BCUT2D eigenvalue weighted by Crippen LogP contribution is -2.52. The van der Waals surface area contributed by atoms with E-state index in [1.54, 1.807) is 6.92 Å². The molecule has 162 valence electrons. The number of carbonyl (C=O) groups is 2. The van der Waals surface area contributed by atoms with E-state index in [0.717, 1.165) is 17.6 Å². The molecule has 5 nitrogen and oxygen atoms in total. The van der Waals surface area contributed by atoms with Crippen LogP contribution in [0.2, 0.25) is 0 Å². The largest absolute Gasteiger partial charge is 0.462 e. The summed E-state index contributed by atoms with van der Waals surface area (Å²) in [5.41, 5.74) is 2.10. The van der Waals surface area contributed by atoms with Gasteiger partial charge in [0.25, 0.3) is 0 Å². The maximum atomic E-state index is 12.0. The van der Waals surface area contributed by atoms with E-state index >= 15 is 0 Å². The Morgan fingerprint density at radius 2 is 1.86 bits per heavy atom. The molecule has 0 amide bonds. The molecule has 29 heavy (non-hydrogen) atoms. The molecule has 1 fully saturated rings. The Kier molecular flexibility index (Phi) is 7.50. The number of carbonyl (C=O) groups excluding carboxylic acids is 2. The zero-order valence-corrected chi connectivity index (χ0v) is 18.7. The molecule has 2 rings (SSSR count). The van der Waals surface area contributed by atoms with Gasteiger partial charge in [0.05, 0.1) is 11.5 Å². The monoisotopic (exact) mass is 404 g/mol. The quantitative estimate of drug-likeness (QED) is 0.521. The van der Waals surface area contributed by atoms with Gasteiger partial charge in [0, 0.05) is 26.2 Å². The van der Waals surface area contributed by atoms with Gasteiger partial charge in [0.2, 0.25) is 0 Å². The van der Waals surface area contributed by atoms with Crippen LogP contribution in [0.5, 0.6) is 0 Å². The van der Waals surface area contributed by atoms with E-state index in [9.17, 15) is 14.7 Å². The molecule has 0 unspecified atom stereocenters. The molecule has 0 bridgehead atoms. The fraction of sp³-hybridized carbons (Fsp3) is 0.667. The fourth-order valence-electron chi connectivity index (χ4n) is 5.03. The van der Waals surface area contributed by atoms with Crippen molar-refractivity contribution in [3.8, 4) is 0 Å². The number of allylic oxidation sites excluding steroid dienone is 3. The van der Waals surface area contributed by atoms with E-state index < -0.39 is 35.7 Å². The average molecular weight is 405 g/mol. The Labute approximate surface area is 174 Å². The minimum atomic E-state index is -1.19. The second-order valence-electron chi connectivity index (χ2n) is 9.10. The van der Waals surface area contributed by atoms with Crippen LogP contribution in [0.1, 0.15) is 67.2 Å². The van der Waals surface area contributed by atoms with Gasteiger partial charge < -0.3 is 14.6 Å². The van der Waals surface area contributed by atoms with Gasteiger partial charge in [-0.3, -0.25) is 9.59 Å². The third-order valence-electron chi connectivity index (χ3n) is 6.29. The molecule has 0 radical (unpaired) electrons. The highest BCUT2D eigenvalue weighted by Gasteiger charge is 2.54. The first-order chi connectivity index (χ1) is 13.4. The molecule has 0 saturated heterocycles. The van der Waals surface area contributed by atoms with Gasteiger partial charge in [0.1, 0.15) is 12.2 Å². The zero-order valence-electron chi connectivity index (χ0n) is 18.7. The van der Waals surface area contributed by atoms with Crippen LogP contribution >= 0.6 is 0 Å². The molecule has 0 aromatic heterocycles. The van der Waals surface area contributed by atoms with Crippen molar-refractivity contribution in [1.29, 1.82) is 0 Å². The molecule has 1 N–H and O–H groups in total. The highest BCUT2D eigenvalue weighted by molar-refractivity contribution is 5.67. The molecule has 0 heterocycles. The lowest BCUT2D eigenvalue weighted by Gasteiger charge is -2.42. The van der Waals surface area contributed by atoms with Crippen LogP contribution in [-0.4, -0.2) is 34.9 Å². The van der Waals surface area contributed by atoms with Gasteiger partial charge in [-0.15, -0.1) is 0 Å². The van der Waals surface area contributed by atoms with Crippen molar-refractivity contribution < 1.29 is 24.2 Å². The zero-order chi connectivity index (χ0) is 21.9. The predicted octanol–water partition coefficient (Wildman–Crippen LogP) is 4.51. The van der Waals surface area contributed by atoms with E-state index in [0.29, 0.717) is 19.3 Å². The number of ether oxygens (including phenoxy) is 2. The first-order valence-corrected chi connectivity index (χ1v) is 10.5. The topological polar surface area (TPSA) is 72.8 Å². The van der Waals surface area contributed by atoms with Crippen molar-refractivity contribution in [2.45, 2.75) is 85.0 Å². The van der Waals surface area contributed by atoms with Gasteiger partial charge in [-0.1, -0.05) is 35.5 Å². The van der Waals surface area contributed by atoms with Gasteiger partial charge in [0.15, 0.2) is 0 Å². The van der Waals surface area contributed by atoms with Crippen molar-refractivity contribution in [3.63, 3.8) is 0 Å². The minimum absolute atomic E-state index is 0.0631. The fourth-order valence-corrected chi connectivity index (χ4v) is 5.03. The molecule has 6 atom stereocenters. The molecular formula is C24H36O5. The smallest absolute Gasteiger partial charge is 0.302 e. The van der Waals surface area contributed by atoms with Crippen LogP contribution in [0.3, 0.4) is 0 Å². The molecule has 1 saturated carbocycles. The highest BCUT2D eigenvalue weighted by Crippen LogP contribution is 2.50. The van der Waals surface area contributed by atoms with Gasteiger partial charge in [-0.2, -0.15) is 0 Å². The Balaban J connectivity index is 2.52. The van der Waals surface area contributed by atoms with E-state index in [1.165, 1.54) is 19.4 Å². The van der Waals surface area contributed by atoms with Crippen LogP contribution in [-0.2, 0) is 19.1 Å². The Morgan fingerprint density at radius 3 is 2.41 bits per heavy atom. The van der Waals surface area contributed by atoms with Gasteiger partial charge in [-0.25, -0.2) is 0 Å². The maximum Gasteiger partial charge on any atom is 0.302 e. The van der Waals surface area contributed by atoms with Crippen LogP contribution in [0.4, 0.5) is 0 Å². The van der Waals surface area contributed by atoms with Crippen LogP contribution in [0.25, 0.3) is 0 Å². The van der Waals surface area contributed by atoms with Crippen LogP contribution in [0.15, 0.2) is 35.5 Å². The maximum absolute atomic E-state index is 12.0. The molecule has 5 heteroatoms. The normalized spacial score (nSPS) is 31.1. The molecule has 0 spiro atoms. The Hall–Kier alpha value is -1.88. The summed E-state index contributed by atoms with van der Waals surface area (Å²) in [4.78, 5) is 23.9. The summed E-state index contributed by atoms with van der Waals surface area (Å²) in [7, 11) is 0. The third kappa shape index (κ3) is 5.59. The van der Waals surface area contributed by atoms with Gasteiger partial charge in [-0.05, 0) is 52.9 Å². The summed E-state index contributed by atoms with van der Waals surface area (Å²) >= 11 is 0. The lowest BCUT2D eigenvalue weighted by atomic mass is 9.72. The van der Waals surface area contributed by atoms with Crippen molar-refractivity contribution in [3.05, 3.63) is 35.5 Å². The molecule has 0 aliphatic heterocycles. The van der Waals surface area contributed by atoms with Crippen LogP contribution < -0.4 is 0 Å². The number of hydrogen-bond donors (Lipinski definition) is 1. The molecule has 0 aromatic rings. The number of fused-ring (bicyclic) bond motifs is 1. The highest BCUT2D eigenvalue weighted by atomic mass is 16.6.